The number of esters is 1. The zero-order chi connectivity index (χ0) is 10.4. The van der Waals surface area contributed by atoms with Crippen molar-refractivity contribution in [3.63, 3.8) is 0 Å². The molecule has 0 radical (unpaired) electrons. The van der Waals surface area contributed by atoms with Crippen molar-refractivity contribution in [2.75, 3.05) is 7.11 Å². The first kappa shape index (κ1) is 11.6. The largest absolute Gasteiger partial charge is 0.481 e. The maximum absolute atomic E-state index is 10.9. The standard InChI is InChI=1S/C7H11NO5/c1-13-7(12)6(11)4(8)2-3-5(9)10/h4H,2-3,8H2,1H3,(H,9,10). The van der Waals surface area contributed by atoms with Crippen molar-refractivity contribution in [3.8, 4) is 0 Å². The second kappa shape index (κ2) is 5.26. The molecule has 74 valence electrons. The molecule has 0 saturated carbocycles. The molecule has 0 aliphatic rings. The van der Waals surface area contributed by atoms with Crippen LogP contribution < -0.4 is 5.73 Å². The summed E-state index contributed by atoms with van der Waals surface area (Å²) in [4.78, 5) is 31.6. The third kappa shape index (κ3) is 4.22. The Labute approximate surface area is 74.7 Å². The third-order valence-electron chi connectivity index (χ3n) is 1.39. The maximum Gasteiger partial charge on any atom is 0.376 e. The molecule has 0 spiro atoms. The lowest BCUT2D eigenvalue weighted by molar-refractivity contribution is -0.152. The van der Waals surface area contributed by atoms with Crippen molar-refractivity contribution < 1.29 is 24.2 Å². The topological polar surface area (TPSA) is 107 Å². The normalized spacial score (nSPS) is 11.8. The zero-order valence-electron chi connectivity index (χ0n) is 7.15. The highest BCUT2D eigenvalue weighted by atomic mass is 16.5. The number of carbonyl (C=O) groups is 3. The number of Topliss-reactive ketones (excluding diaryl/α,β-unsaturated/α-hetero) is 1. The summed E-state index contributed by atoms with van der Waals surface area (Å²) in [5, 5.41) is 8.26. The van der Waals surface area contributed by atoms with Crippen molar-refractivity contribution in [2.45, 2.75) is 18.9 Å². The molecule has 0 saturated heterocycles. The monoisotopic (exact) mass is 189 g/mol. The van der Waals surface area contributed by atoms with Crippen LogP contribution >= 0.6 is 0 Å². The first-order valence-electron chi connectivity index (χ1n) is 3.58. The molecular weight excluding hydrogens is 178 g/mol. The number of aliphatic carboxylic acids is 1. The lowest BCUT2D eigenvalue weighted by atomic mass is 10.1. The van der Waals surface area contributed by atoms with Crippen LogP contribution in [0.15, 0.2) is 0 Å². The Bertz CT molecular complexity index is 225. The summed E-state index contributed by atoms with van der Waals surface area (Å²) in [7, 11) is 1.06. The molecule has 0 amide bonds. The quantitative estimate of drug-likeness (QED) is 0.421. The number of hydrogen-bond donors (Lipinski definition) is 2. The van der Waals surface area contributed by atoms with E-state index in [9.17, 15) is 14.4 Å². The minimum absolute atomic E-state index is 0.0662. The highest BCUT2D eigenvalue weighted by Gasteiger charge is 2.22. The molecule has 0 aromatic rings. The summed E-state index contributed by atoms with van der Waals surface area (Å²) < 4.78 is 4.12. The maximum atomic E-state index is 10.9. The van der Waals surface area contributed by atoms with Crippen molar-refractivity contribution >= 4 is 17.7 Å². The first-order valence-corrected chi connectivity index (χ1v) is 3.58. The fourth-order valence-corrected chi connectivity index (χ4v) is 0.662. The molecule has 0 bridgehead atoms. The Balaban J connectivity index is 3.96. The van der Waals surface area contributed by atoms with Gasteiger partial charge in [0.15, 0.2) is 0 Å². The van der Waals surface area contributed by atoms with E-state index in [0.29, 0.717) is 0 Å². The third-order valence-corrected chi connectivity index (χ3v) is 1.39. The van der Waals surface area contributed by atoms with Gasteiger partial charge >= 0.3 is 11.9 Å². The minimum atomic E-state index is -1.09. The van der Waals surface area contributed by atoms with E-state index < -0.39 is 23.8 Å². The summed E-state index contributed by atoms with van der Waals surface area (Å²) >= 11 is 0. The van der Waals surface area contributed by atoms with E-state index in [-0.39, 0.29) is 12.8 Å². The number of ether oxygens (including phenoxy) is 1. The predicted molar refractivity (Wildman–Crippen MR) is 41.9 cm³/mol. The molecule has 3 N–H and O–H groups in total. The Morgan fingerprint density at radius 3 is 2.38 bits per heavy atom. The van der Waals surface area contributed by atoms with Crippen molar-refractivity contribution in [2.24, 2.45) is 5.73 Å². The van der Waals surface area contributed by atoms with Crippen LogP contribution in [-0.4, -0.2) is 36.0 Å². The second-order valence-corrected chi connectivity index (χ2v) is 2.39. The van der Waals surface area contributed by atoms with Gasteiger partial charge in [-0.05, 0) is 6.42 Å². The fraction of sp³-hybridized carbons (Fsp3) is 0.571. The van der Waals surface area contributed by atoms with Crippen LogP contribution in [-0.2, 0) is 19.1 Å². The van der Waals surface area contributed by atoms with Crippen LogP contribution in [0, 0.1) is 0 Å². The van der Waals surface area contributed by atoms with E-state index in [4.69, 9.17) is 10.8 Å². The van der Waals surface area contributed by atoms with Crippen molar-refractivity contribution in [3.05, 3.63) is 0 Å². The van der Waals surface area contributed by atoms with Gasteiger partial charge in [0, 0.05) is 6.42 Å². The number of carboxylic acids is 1. The Hall–Kier alpha value is -1.43. The van der Waals surface area contributed by atoms with Crippen LogP contribution in [0.5, 0.6) is 0 Å². The lowest BCUT2D eigenvalue weighted by Crippen LogP contribution is -2.37. The number of methoxy groups -OCH3 is 1. The number of rotatable bonds is 5. The van der Waals surface area contributed by atoms with E-state index in [1.165, 1.54) is 0 Å². The van der Waals surface area contributed by atoms with Crippen LogP contribution in [0.25, 0.3) is 0 Å². The summed E-state index contributed by atoms with van der Waals surface area (Å²) in [6, 6.07) is -1.09. The predicted octanol–water partition coefficient (Wildman–Crippen LogP) is -1.08. The molecule has 0 aromatic carbocycles. The number of hydrogen-bond acceptors (Lipinski definition) is 5. The van der Waals surface area contributed by atoms with Crippen LogP contribution in [0.3, 0.4) is 0 Å². The Morgan fingerprint density at radius 1 is 1.46 bits per heavy atom. The molecule has 6 nitrogen and oxygen atoms in total. The number of carboxylic acid groups (broad SMARTS) is 1. The van der Waals surface area contributed by atoms with Crippen LogP contribution in [0.4, 0.5) is 0 Å². The summed E-state index contributed by atoms with van der Waals surface area (Å²) in [5.41, 5.74) is 5.23. The Kier molecular flexibility index (Phi) is 4.68. The molecule has 0 fully saturated rings. The summed E-state index contributed by atoms with van der Waals surface area (Å²) in [5.74, 6) is -3.00. The summed E-state index contributed by atoms with van der Waals surface area (Å²) in [6.07, 6.45) is -0.312. The molecule has 1 atom stereocenters. The molecule has 0 aliphatic carbocycles. The number of nitrogens with two attached hydrogens (primary N) is 1. The average molecular weight is 189 g/mol. The second-order valence-electron chi connectivity index (χ2n) is 2.39. The number of ketones is 1. The van der Waals surface area contributed by atoms with Gasteiger partial charge < -0.3 is 15.6 Å². The van der Waals surface area contributed by atoms with Crippen LogP contribution in [0.1, 0.15) is 12.8 Å². The highest BCUT2D eigenvalue weighted by molar-refractivity contribution is 6.35. The van der Waals surface area contributed by atoms with Gasteiger partial charge in [-0.3, -0.25) is 9.59 Å². The van der Waals surface area contributed by atoms with Gasteiger partial charge in [-0.1, -0.05) is 0 Å². The first-order chi connectivity index (χ1) is 5.99. The molecule has 1 unspecified atom stereocenters. The van der Waals surface area contributed by atoms with E-state index in [2.05, 4.69) is 4.74 Å². The fourth-order valence-electron chi connectivity index (χ4n) is 0.662. The van der Waals surface area contributed by atoms with Crippen molar-refractivity contribution in [1.82, 2.24) is 0 Å². The zero-order valence-corrected chi connectivity index (χ0v) is 7.15. The van der Waals surface area contributed by atoms with Gasteiger partial charge in [0.2, 0.25) is 0 Å². The van der Waals surface area contributed by atoms with Gasteiger partial charge in [0.25, 0.3) is 5.78 Å². The molecule has 0 aromatic heterocycles. The summed E-state index contributed by atoms with van der Waals surface area (Å²) in [6.45, 7) is 0. The SMILES string of the molecule is COC(=O)C(=O)C(N)CCC(=O)O. The molecular formula is C7H11NO5. The molecule has 6 heteroatoms. The van der Waals surface area contributed by atoms with E-state index in [1.807, 2.05) is 0 Å². The number of carbonyl (C=O) groups excluding carboxylic acids is 2. The highest BCUT2D eigenvalue weighted by Crippen LogP contribution is 1.97. The molecule has 0 aliphatic heterocycles. The van der Waals surface area contributed by atoms with Crippen molar-refractivity contribution in [1.29, 1.82) is 0 Å². The van der Waals surface area contributed by atoms with Crippen LogP contribution in [0.2, 0.25) is 0 Å². The minimum Gasteiger partial charge on any atom is -0.481 e. The van der Waals surface area contributed by atoms with Gasteiger partial charge in [-0.15, -0.1) is 0 Å². The average Bonchev–Trinajstić information content (AvgIpc) is 2.11. The van der Waals surface area contributed by atoms with E-state index in [1.54, 1.807) is 0 Å². The molecule has 0 rings (SSSR count). The Morgan fingerprint density at radius 2 is 2.00 bits per heavy atom. The van der Waals surface area contributed by atoms with Gasteiger partial charge in [-0.25, -0.2) is 4.79 Å². The van der Waals surface area contributed by atoms with E-state index in [0.717, 1.165) is 7.11 Å². The molecule has 13 heavy (non-hydrogen) atoms. The lowest BCUT2D eigenvalue weighted by Gasteiger charge is -2.06. The van der Waals surface area contributed by atoms with E-state index >= 15 is 0 Å². The van der Waals surface area contributed by atoms with Gasteiger partial charge in [-0.2, -0.15) is 0 Å². The van der Waals surface area contributed by atoms with Gasteiger partial charge in [0.05, 0.1) is 13.2 Å². The smallest absolute Gasteiger partial charge is 0.376 e. The molecule has 0 heterocycles. The van der Waals surface area contributed by atoms with Gasteiger partial charge in [0.1, 0.15) is 0 Å².